The molecule has 6 nitrogen and oxygen atoms in total. The van der Waals surface area contributed by atoms with Crippen molar-refractivity contribution in [2.75, 3.05) is 5.32 Å². The molecule has 8 heteroatoms. The van der Waals surface area contributed by atoms with E-state index in [9.17, 15) is 13.9 Å². The van der Waals surface area contributed by atoms with Gasteiger partial charge < -0.3 is 10.4 Å². The van der Waals surface area contributed by atoms with Gasteiger partial charge in [0.15, 0.2) is 0 Å². The Bertz CT molecular complexity index is 1430. The molecule has 2 N–H and O–H groups in total. The fourth-order valence-electron chi connectivity index (χ4n) is 3.64. The van der Waals surface area contributed by atoms with Crippen molar-refractivity contribution in [2.24, 2.45) is 0 Å². The van der Waals surface area contributed by atoms with Crippen molar-refractivity contribution >= 4 is 11.6 Å². The van der Waals surface area contributed by atoms with Crippen LogP contribution in [0.4, 0.5) is 14.7 Å². The molecular formula is C25H19F2N5O. The summed E-state index contributed by atoms with van der Waals surface area (Å²) in [5.74, 6) is -0.262. The van der Waals surface area contributed by atoms with Gasteiger partial charge >= 0.3 is 0 Å². The van der Waals surface area contributed by atoms with Gasteiger partial charge in [-0.1, -0.05) is 12.1 Å². The minimum atomic E-state index is -0.336. The summed E-state index contributed by atoms with van der Waals surface area (Å²) in [6.45, 7) is 0.255. The maximum atomic E-state index is 13.5. The highest BCUT2D eigenvalue weighted by atomic mass is 19.1. The molecule has 5 rings (SSSR count). The van der Waals surface area contributed by atoms with E-state index in [2.05, 4.69) is 15.3 Å². The SMILES string of the molecule is OCc1ccn2c(-c3ccnc(NCc4cccc(F)c4)n3)c(-c3ccc(F)cc3)nc2c1. The number of halogens is 2. The molecule has 0 unspecified atom stereocenters. The molecule has 164 valence electrons. The first-order chi connectivity index (χ1) is 16.1. The molecule has 0 aliphatic heterocycles. The smallest absolute Gasteiger partial charge is 0.223 e. The number of nitrogens with one attached hydrogen (secondary N) is 1. The maximum Gasteiger partial charge on any atom is 0.223 e. The Morgan fingerprint density at radius 1 is 0.879 bits per heavy atom. The first kappa shape index (κ1) is 20.7. The first-order valence-electron chi connectivity index (χ1n) is 10.3. The minimum absolute atomic E-state index is 0.105. The lowest BCUT2D eigenvalue weighted by atomic mass is 10.1. The van der Waals surface area contributed by atoms with Gasteiger partial charge in [-0.3, -0.25) is 4.40 Å². The molecule has 0 saturated heterocycles. The van der Waals surface area contributed by atoms with Crippen molar-refractivity contribution in [2.45, 2.75) is 13.2 Å². The fraction of sp³-hybridized carbons (Fsp3) is 0.0800. The average molecular weight is 443 g/mol. The summed E-state index contributed by atoms with van der Waals surface area (Å²) in [6.07, 6.45) is 3.45. The number of nitrogens with zero attached hydrogens (tertiary/aromatic N) is 4. The van der Waals surface area contributed by atoms with Gasteiger partial charge in [-0.05, 0) is 65.7 Å². The summed E-state index contributed by atoms with van der Waals surface area (Å²) in [4.78, 5) is 13.7. The molecule has 0 amide bonds. The lowest BCUT2D eigenvalue weighted by molar-refractivity contribution is 0.282. The molecule has 3 aromatic heterocycles. The Kier molecular flexibility index (Phi) is 5.50. The van der Waals surface area contributed by atoms with Crippen LogP contribution in [0.15, 0.2) is 79.1 Å². The van der Waals surface area contributed by atoms with E-state index < -0.39 is 0 Å². The molecule has 0 saturated carbocycles. The summed E-state index contributed by atoms with van der Waals surface area (Å²) >= 11 is 0. The molecule has 5 aromatic rings. The van der Waals surface area contributed by atoms with Gasteiger partial charge in [-0.25, -0.2) is 23.7 Å². The average Bonchev–Trinajstić information content (AvgIpc) is 3.22. The van der Waals surface area contributed by atoms with Crippen molar-refractivity contribution in [3.63, 3.8) is 0 Å². The van der Waals surface area contributed by atoms with Crippen molar-refractivity contribution in [3.8, 4) is 22.6 Å². The summed E-state index contributed by atoms with van der Waals surface area (Å²) in [7, 11) is 0. The topological polar surface area (TPSA) is 75.3 Å². The van der Waals surface area contributed by atoms with E-state index in [0.29, 0.717) is 35.2 Å². The monoisotopic (exact) mass is 443 g/mol. The zero-order valence-corrected chi connectivity index (χ0v) is 17.4. The normalized spacial score (nSPS) is 11.1. The first-order valence-corrected chi connectivity index (χ1v) is 10.3. The third-order valence-electron chi connectivity index (χ3n) is 5.23. The number of pyridine rings is 1. The number of hydrogen-bond donors (Lipinski definition) is 2. The van der Waals surface area contributed by atoms with Crippen molar-refractivity contribution in [1.29, 1.82) is 0 Å². The highest BCUT2D eigenvalue weighted by Crippen LogP contribution is 2.32. The Hall–Kier alpha value is -4.17. The van der Waals surface area contributed by atoms with E-state index in [4.69, 9.17) is 4.98 Å². The van der Waals surface area contributed by atoms with Crippen molar-refractivity contribution < 1.29 is 13.9 Å². The molecule has 0 radical (unpaired) electrons. The standard InChI is InChI=1S/C25H19F2N5O/c26-19-6-4-18(5-7-19)23-24(32-11-9-17(15-33)13-22(32)31-23)21-8-10-28-25(30-21)29-14-16-2-1-3-20(27)12-16/h1-13,33H,14-15H2,(H,28,29,30). The van der Waals surface area contributed by atoms with Crippen LogP contribution in [0.1, 0.15) is 11.1 Å². The second-order valence-electron chi connectivity index (χ2n) is 7.49. The van der Waals surface area contributed by atoms with Crippen LogP contribution in [0.5, 0.6) is 0 Å². The number of imidazole rings is 1. The summed E-state index contributed by atoms with van der Waals surface area (Å²) in [6, 6.07) is 17.8. The van der Waals surface area contributed by atoms with E-state index in [-0.39, 0.29) is 18.2 Å². The Morgan fingerprint density at radius 3 is 2.52 bits per heavy atom. The summed E-state index contributed by atoms with van der Waals surface area (Å²) in [5, 5.41) is 12.6. The molecule has 0 atom stereocenters. The number of hydrogen-bond acceptors (Lipinski definition) is 5. The molecule has 0 aliphatic carbocycles. The highest BCUT2D eigenvalue weighted by Gasteiger charge is 2.18. The number of rotatable bonds is 6. The van der Waals surface area contributed by atoms with Gasteiger partial charge in [0, 0.05) is 24.5 Å². The van der Waals surface area contributed by atoms with Crippen LogP contribution in [0.3, 0.4) is 0 Å². The van der Waals surface area contributed by atoms with Crippen molar-refractivity contribution in [3.05, 3.63) is 102 Å². The Morgan fingerprint density at radius 2 is 1.73 bits per heavy atom. The zero-order valence-electron chi connectivity index (χ0n) is 17.4. The number of anilines is 1. The number of aliphatic hydroxyl groups is 1. The number of aromatic nitrogens is 4. The Labute approximate surface area is 188 Å². The molecule has 33 heavy (non-hydrogen) atoms. The van der Waals surface area contributed by atoms with Gasteiger partial charge in [0.1, 0.15) is 17.3 Å². The maximum absolute atomic E-state index is 13.5. The quantitative estimate of drug-likeness (QED) is 0.393. The molecule has 0 aliphatic rings. The molecule has 0 fully saturated rings. The third-order valence-corrected chi connectivity index (χ3v) is 5.23. The van der Waals surface area contributed by atoms with Crippen molar-refractivity contribution in [1.82, 2.24) is 19.4 Å². The van der Waals surface area contributed by atoms with Crippen LogP contribution in [-0.4, -0.2) is 24.5 Å². The predicted molar refractivity (Wildman–Crippen MR) is 121 cm³/mol. The summed E-state index contributed by atoms with van der Waals surface area (Å²) in [5.41, 5.74) is 4.79. The zero-order chi connectivity index (χ0) is 22.8. The van der Waals surface area contributed by atoms with Crippen LogP contribution < -0.4 is 5.32 Å². The largest absolute Gasteiger partial charge is 0.392 e. The van der Waals surface area contributed by atoms with Gasteiger partial charge in [-0.2, -0.15) is 0 Å². The molecule has 3 heterocycles. The van der Waals surface area contributed by atoms with Crippen LogP contribution in [0, 0.1) is 11.6 Å². The van der Waals surface area contributed by atoms with E-state index in [1.807, 2.05) is 16.7 Å². The van der Waals surface area contributed by atoms with Gasteiger partial charge in [0.05, 0.1) is 23.7 Å². The van der Waals surface area contributed by atoms with Crippen LogP contribution in [0.2, 0.25) is 0 Å². The Balaban J connectivity index is 1.57. The van der Waals surface area contributed by atoms with Gasteiger partial charge in [0.2, 0.25) is 5.95 Å². The van der Waals surface area contributed by atoms with E-state index in [0.717, 1.165) is 16.7 Å². The number of fused-ring (bicyclic) bond motifs is 1. The third kappa shape index (κ3) is 4.28. The van der Waals surface area contributed by atoms with Gasteiger partial charge in [-0.15, -0.1) is 0 Å². The fourth-order valence-corrected chi connectivity index (χ4v) is 3.64. The second-order valence-corrected chi connectivity index (χ2v) is 7.49. The van der Waals surface area contributed by atoms with Crippen LogP contribution in [-0.2, 0) is 13.2 Å². The molecule has 0 bridgehead atoms. The van der Waals surface area contributed by atoms with E-state index >= 15 is 0 Å². The lowest BCUT2D eigenvalue weighted by Gasteiger charge is -2.09. The van der Waals surface area contributed by atoms with E-state index in [1.165, 1.54) is 24.3 Å². The predicted octanol–water partition coefficient (Wildman–Crippen LogP) is 4.84. The summed E-state index contributed by atoms with van der Waals surface area (Å²) < 4.78 is 28.9. The van der Waals surface area contributed by atoms with Crippen LogP contribution in [0.25, 0.3) is 28.3 Å². The number of benzene rings is 2. The molecule has 0 spiro atoms. The highest BCUT2D eigenvalue weighted by molar-refractivity contribution is 5.80. The molecular weight excluding hydrogens is 424 g/mol. The van der Waals surface area contributed by atoms with Crippen LogP contribution >= 0.6 is 0 Å². The van der Waals surface area contributed by atoms with Gasteiger partial charge in [0.25, 0.3) is 0 Å². The molecule has 2 aromatic carbocycles. The number of aliphatic hydroxyl groups excluding tert-OH is 1. The van der Waals surface area contributed by atoms with E-state index in [1.54, 1.807) is 42.6 Å². The minimum Gasteiger partial charge on any atom is -0.392 e. The lowest BCUT2D eigenvalue weighted by Crippen LogP contribution is -2.05. The second kappa shape index (κ2) is 8.76.